The Labute approximate surface area is 171 Å². The summed E-state index contributed by atoms with van der Waals surface area (Å²) in [5.74, 6) is -0.585. The maximum atomic E-state index is 12.7. The van der Waals surface area contributed by atoms with Crippen molar-refractivity contribution in [2.45, 2.75) is 37.8 Å². The number of likely N-dealkylation sites (tertiary alicyclic amines) is 1. The summed E-state index contributed by atoms with van der Waals surface area (Å²) in [5.41, 5.74) is 4.18. The lowest BCUT2D eigenvalue weighted by Crippen LogP contribution is -2.40. The number of hydrogen-bond acceptors (Lipinski definition) is 4. The highest BCUT2D eigenvalue weighted by atomic mass is 19.4. The monoisotopic (exact) mass is 419 g/mol. The Morgan fingerprint density at radius 2 is 1.60 bits per heavy atom. The molecule has 0 aromatic heterocycles. The number of hydrogen-bond donors (Lipinski definition) is 0. The van der Waals surface area contributed by atoms with Crippen molar-refractivity contribution >= 4 is 11.9 Å². The molecule has 2 aliphatic rings. The largest absolute Gasteiger partial charge is 0.522 e. The van der Waals surface area contributed by atoms with E-state index in [0.29, 0.717) is 0 Å². The number of Topliss-reactive ketones (excluding diaryl/α,β-unsaturated/α-hetero) is 1. The smallest absolute Gasteiger partial charge is 0.448 e. The third kappa shape index (κ3) is 3.92. The first-order valence-corrected chi connectivity index (χ1v) is 9.61. The topological polar surface area (TPSA) is 55.8 Å². The van der Waals surface area contributed by atoms with Crippen LogP contribution >= 0.6 is 0 Å². The van der Waals surface area contributed by atoms with Gasteiger partial charge in [0.05, 0.1) is 18.7 Å². The standard InChI is InChI=1S/C22H20F3NO4/c1-13(27)20-10-14(30-22(23,24)25)11-26(20)21(28)29-12-19-17-8-4-2-6-15(17)16-7-3-5-9-18(16)19/h2-9,14,19-20H,10-12H2,1H3/t14-,20+/m1/s1. The zero-order chi connectivity index (χ0) is 21.5. The SMILES string of the molecule is CC(=O)[C@@H]1C[C@@H](OC(F)(F)F)CN1C(=O)OCC1c2ccccc2-c2ccccc21. The number of amides is 1. The van der Waals surface area contributed by atoms with Crippen LogP contribution in [0.5, 0.6) is 0 Å². The predicted molar refractivity (Wildman–Crippen MR) is 102 cm³/mol. The fourth-order valence-electron chi connectivity index (χ4n) is 4.34. The Balaban J connectivity index is 1.48. The molecule has 1 aliphatic carbocycles. The van der Waals surface area contributed by atoms with Crippen molar-refractivity contribution in [3.05, 3.63) is 59.7 Å². The lowest BCUT2D eigenvalue weighted by molar-refractivity contribution is -0.340. The molecule has 1 saturated heterocycles. The van der Waals surface area contributed by atoms with Crippen LogP contribution in [0.2, 0.25) is 0 Å². The molecule has 0 radical (unpaired) electrons. The third-order valence-corrected chi connectivity index (χ3v) is 5.60. The minimum absolute atomic E-state index is 0.0266. The molecule has 1 heterocycles. The van der Waals surface area contributed by atoms with Gasteiger partial charge in [-0.05, 0) is 29.2 Å². The van der Waals surface area contributed by atoms with Crippen LogP contribution in [0, 0.1) is 0 Å². The average molecular weight is 419 g/mol. The van der Waals surface area contributed by atoms with Gasteiger partial charge < -0.3 is 4.74 Å². The minimum Gasteiger partial charge on any atom is -0.448 e. The van der Waals surface area contributed by atoms with Gasteiger partial charge in [-0.2, -0.15) is 0 Å². The van der Waals surface area contributed by atoms with E-state index in [2.05, 4.69) is 4.74 Å². The zero-order valence-electron chi connectivity index (χ0n) is 16.2. The van der Waals surface area contributed by atoms with E-state index < -0.39 is 30.4 Å². The van der Waals surface area contributed by atoms with E-state index in [1.54, 1.807) is 0 Å². The fraction of sp³-hybridized carbons (Fsp3) is 0.364. The molecule has 0 unspecified atom stereocenters. The summed E-state index contributed by atoms with van der Waals surface area (Å²) < 4.78 is 47.2. The van der Waals surface area contributed by atoms with Gasteiger partial charge in [0.25, 0.3) is 0 Å². The maximum absolute atomic E-state index is 12.7. The number of benzene rings is 2. The van der Waals surface area contributed by atoms with E-state index in [1.807, 2.05) is 48.5 Å². The van der Waals surface area contributed by atoms with E-state index in [1.165, 1.54) is 6.92 Å². The molecule has 0 spiro atoms. The highest BCUT2D eigenvalue weighted by molar-refractivity contribution is 5.86. The first-order valence-electron chi connectivity index (χ1n) is 9.61. The predicted octanol–water partition coefficient (Wildman–Crippen LogP) is 4.50. The molecule has 2 atom stereocenters. The molecule has 2 aromatic carbocycles. The summed E-state index contributed by atoms with van der Waals surface area (Å²) in [6.45, 7) is 0.920. The molecule has 158 valence electrons. The first kappa shape index (κ1) is 20.4. The van der Waals surface area contributed by atoms with Crippen LogP contribution in [0.15, 0.2) is 48.5 Å². The van der Waals surface area contributed by atoms with Crippen LogP contribution in [0.3, 0.4) is 0 Å². The van der Waals surface area contributed by atoms with Gasteiger partial charge in [-0.1, -0.05) is 48.5 Å². The van der Waals surface area contributed by atoms with Crippen molar-refractivity contribution in [1.82, 2.24) is 4.90 Å². The van der Waals surface area contributed by atoms with E-state index in [-0.39, 0.29) is 25.5 Å². The van der Waals surface area contributed by atoms with Gasteiger partial charge in [-0.25, -0.2) is 4.79 Å². The van der Waals surface area contributed by atoms with Crippen LogP contribution in [0.4, 0.5) is 18.0 Å². The molecule has 5 nitrogen and oxygen atoms in total. The number of rotatable bonds is 4. The summed E-state index contributed by atoms with van der Waals surface area (Å²) in [5, 5.41) is 0. The van der Waals surface area contributed by atoms with Gasteiger partial charge in [0.2, 0.25) is 0 Å². The van der Waals surface area contributed by atoms with Crippen molar-refractivity contribution < 1.29 is 32.2 Å². The molecule has 0 bridgehead atoms. The zero-order valence-corrected chi connectivity index (χ0v) is 16.2. The van der Waals surface area contributed by atoms with E-state index >= 15 is 0 Å². The molecular weight excluding hydrogens is 399 g/mol. The number of halogens is 3. The highest BCUT2D eigenvalue weighted by Crippen LogP contribution is 2.44. The van der Waals surface area contributed by atoms with E-state index in [4.69, 9.17) is 4.74 Å². The van der Waals surface area contributed by atoms with Crippen molar-refractivity contribution in [3.63, 3.8) is 0 Å². The van der Waals surface area contributed by atoms with Crippen LogP contribution < -0.4 is 0 Å². The van der Waals surface area contributed by atoms with Crippen molar-refractivity contribution in [2.24, 2.45) is 0 Å². The molecule has 2 aromatic rings. The number of ketones is 1. The number of carbonyl (C=O) groups excluding carboxylic acids is 2. The van der Waals surface area contributed by atoms with Crippen LogP contribution in [-0.4, -0.2) is 48.4 Å². The Morgan fingerprint density at radius 1 is 1.03 bits per heavy atom. The van der Waals surface area contributed by atoms with Crippen molar-refractivity contribution in [3.8, 4) is 11.1 Å². The molecule has 0 saturated carbocycles. The molecule has 1 fully saturated rings. The van der Waals surface area contributed by atoms with Gasteiger partial charge in [0, 0.05) is 12.3 Å². The van der Waals surface area contributed by atoms with Gasteiger partial charge >= 0.3 is 12.5 Å². The summed E-state index contributed by atoms with van der Waals surface area (Å²) in [6, 6.07) is 14.6. The molecule has 4 rings (SSSR count). The highest BCUT2D eigenvalue weighted by Gasteiger charge is 2.44. The molecule has 8 heteroatoms. The Hall–Kier alpha value is -2.87. The summed E-state index contributed by atoms with van der Waals surface area (Å²) in [6.07, 6.45) is -7.15. The number of ether oxygens (including phenoxy) is 2. The Kier molecular flexibility index (Phi) is 5.27. The van der Waals surface area contributed by atoms with Crippen molar-refractivity contribution in [2.75, 3.05) is 13.2 Å². The van der Waals surface area contributed by atoms with Crippen LogP contribution in [-0.2, 0) is 14.3 Å². The van der Waals surface area contributed by atoms with E-state index in [0.717, 1.165) is 27.2 Å². The van der Waals surface area contributed by atoms with Crippen LogP contribution in [0.25, 0.3) is 11.1 Å². The molecule has 1 aliphatic heterocycles. The summed E-state index contributed by atoms with van der Waals surface area (Å²) >= 11 is 0. The normalized spacial score (nSPS) is 20.7. The summed E-state index contributed by atoms with van der Waals surface area (Å²) in [4.78, 5) is 25.6. The second-order valence-corrected chi connectivity index (χ2v) is 7.50. The second kappa shape index (κ2) is 7.75. The average Bonchev–Trinajstić information content (AvgIpc) is 3.24. The van der Waals surface area contributed by atoms with Gasteiger partial charge in [-0.15, -0.1) is 13.2 Å². The van der Waals surface area contributed by atoms with Gasteiger partial charge in [0.1, 0.15) is 6.61 Å². The number of carbonyl (C=O) groups is 2. The van der Waals surface area contributed by atoms with Crippen LogP contribution in [0.1, 0.15) is 30.4 Å². The number of nitrogens with zero attached hydrogens (tertiary/aromatic N) is 1. The maximum Gasteiger partial charge on any atom is 0.522 e. The van der Waals surface area contributed by atoms with Gasteiger partial charge in [0.15, 0.2) is 5.78 Å². The molecule has 1 amide bonds. The lowest BCUT2D eigenvalue weighted by Gasteiger charge is -2.23. The minimum atomic E-state index is -4.83. The Morgan fingerprint density at radius 3 is 2.13 bits per heavy atom. The quantitative estimate of drug-likeness (QED) is 0.732. The molecule has 30 heavy (non-hydrogen) atoms. The summed E-state index contributed by atoms with van der Waals surface area (Å²) in [7, 11) is 0. The number of fused-ring (bicyclic) bond motifs is 3. The third-order valence-electron chi connectivity index (χ3n) is 5.60. The van der Waals surface area contributed by atoms with Crippen molar-refractivity contribution in [1.29, 1.82) is 0 Å². The lowest BCUT2D eigenvalue weighted by atomic mass is 9.98. The molecular formula is C22H20F3NO4. The second-order valence-electron chi connectivity index (χ2n) is 7.50. The fourth-order valence-corrected chi connectivity index (χ4v) is 4.34. The van der Waals surface area contributed by atoms with Gasteiger partial charge in [-0.3, -0.25) is 14.4 Å². The number of alkyl halides is 3. The Bertz CT molecular complexity index is 929. The molecule has 0 N–H and O–H groups in total. The van der Waals surface area contributed by atoms with E-state index in [9.17, 15) is 22.8 Å². The first-order chi connectivity index (χ1) is 14.2.